The summed E-state index contributed by atoms with van der Waals surface area (Å²) in [5.74, 6) is 0.323. The molecule has 2 atom stereocenters. The molecule has 0 aliphatic carbocycles. The molecule has 0 unspecified atom stereocenters. The van der Waals surface area contributed by atoms with Gasteiger partial charge in [0, 0.05) is 18.6 Å². The summed E-state index contributed by atoms with van der Waals surface area (Å²) in [5, 5.41) is 3.39. The van der Waals surface area contributed by atoms with Gasteiger partial charge in [-0.2, -0.15) is 0 Å². The number of carbonyl (C=O) groups excluding carboxylic acids is 1. The molecule has 166 valence electrons. The summed E-state index contributed by atoms with van der Waals surface area (Å²) in [6.07, 6.45) is 1.59. The van der Waals surface area contributed by atoms with E-state index in [4.69, 9.17) is 21.7 Å². The van der Waals surface area contributed by atoms with E-state index in [2.05, 4.69) is 42.1 Å². The highest BCUT2D eigenvalue weighted by atomic mass is 32.1. The third kappa shape index (κ3) is 6.42. The first-order chi connectivity index (χ1) is 14.9. The number of hydrazine groups is 1. The molecular weight excluding hydrogens is 410 g/mol. The molecule has 1 aliphatic heterocycles. The highest BCUT2D eigenvalue weighted by Crippen LogP contribution is 2.32. The van der Waals surface area contributed by atoms with Crippen molar-refractivity contribution >= 4 is 23.2 Å². The Bertz CT molecular complexity index is 865. The maximum Gasteiger partial charge on any atom is 0.279 e. The van der Waals surface area contributed by atoms with Crippen LogP contribution in [0.2, 0.25) is 0 Å². The molecule has 7 heteroatoms. The Morgan fingerprint density at radius 3 is 2.45 bits per heavy atom. The number of thiocarbonyl (C=S) groups is 1. The maximum absolute atomic E-state index is 12.3. The van der Waals surface area contributed by atoms with Crippen LogP contribution in [0.4, 0.5) is 0 Å². The lowest BCUT2D eigenvalue weighted by Gasteiger charge is -2.26. The summed E-state index contributed by atoms with van der Waals surface area (Å²) in [6.45, 7) is 7.50. The molecule has 6 nitrogen and oxygen atoms in total. The van der Waals surface area contributed by atoms with E-state index in [1.54, 1.807) is 6.92 Å². The zero-order valence-corrected chi connectivity index (χ0v) is 19.1. The number of benzene rings is 2. The summed E-state index contributed by atoms with van der Waals surface area (Å²) in [5.41, 5.74) is 7.57. The minimum atomic E-state index is -0.679. The lowest BCUT2D eigenvalue weighted by Crippen LogP contribution is -2.51. The minimum absolute atomic E-state index is 0.126. The summed E-state index contributed by atoms with van der Waals surface area (Å²) in [7, 11) is 0. The van der Waals surface area contributed by atoms with Gasteiger partial charge in [-0.05, 0) is 55.2 Å². The molecule has 2 aromatic carbocycles. The predicted octanol–water partition coefficient (Wildman–Crippen LogP) is 3.45. The first-order valence-electron chi connectivity index (χ1n) is 10.6. The highest BCUT2D eigenvalue weighted by molar-refractivity contribution is 7.80. The second-order valence-electron chi connectivity index (χ2n) is 8.23. The summed E-state index contributed by atoms with van der Waals surface area (Å²) < 4.78 is 11.3. The second kappa shape index (κ2) is 10.6. The van der Waals surface area contributed by atoms with E-state index in [0.717, 1.165) is 19.4 Å². The monoisotopic (exact) mass is 441 g/mol. The maximum atomic E-state index is 12.3. The van der Waals surface area contributed by atoms with Crippen molar-refractivity contribution in [2.24, 2.45) is 0 Å². The Kier molecular flexibility index (Phi) is 7.87. The lowest BCUT2D eigenvalue weighted by atomic mass is 9.78. The standard InChI is InChI=1S/C24H31N3O3S/c1-17(22(28)26-27-23(31)25-16-21-10-7-15-29-21)30-20-13-11-19(12-14-20)24(2,3)18-8-5-4-6-9-18/h4-6,8-9,11-14,17,21H,7,10,15-16H2,1-3H3,(H,26,28)(H2,25,27,31)/t17-,21-/m0/s1. The number of nitrogens with one attached hydrogen (secondary N) is 3. The molecule has 0 spiro atoms. The van der Waals surface area contributed by atoms with E-state index in [-0.39, 0.29) is 17.4 Å². The van der Waals surface area contributed by atoms with Crippen molar-refractivity contribution in [1.29, 1.82) is 0 Å². The van der Waals surface area contributed by atoms with Gasteiger partial charge < -0.3 is 14.8 Å². The number of ether oxygens (including phenoxy) is 2. The predicted molar refractivity (Wildman–Crippen MR) is 126 cm³/mol. The SMILES string of the molecule is C[C@H](Oc1ccc(C(C)(C)c2ccccc2)cc1)C(=O)NNC(=S)NC[C@@H]1CCCO1. The Morgan fingerprint density at radius 1 is 1.13 bits per heavy atom. The van der Waals surface area contributed by atoms with Crippen molar-refractivity contribution < 1.29 is 14.3 Å². The van der Waals surface area contributed by atoms with Crippen LogP contribution < -0.4 is 20.9 Å². The lowest BCUT2D eigenvalue weighted by molar-refractivity contribution is -0.127. The largest absolute Gasteiger partial charge is 0.481 e. The molecule has 0 radical (unpaired) electrons. The van der Waals surface area contributed by atoms with Crippen molar-refractivity contribution in [1.82, 2.24) is 16.2 Å². The smallest absolute Gasteiger partial charge is 0.279 e. The van der Waals surface area contributed by atoms with Gasteiger partial charge >= 0.3 is 0 Å². The van der Waals surface area contributed by atoms with Gasteiger partial charge in [-0.1, -0.05) is 56.3 Å². The fourth-order valence-corrected chi connectivity index (χ4v) is 3.64. The van der Waals surface area contributed by atoms with E-state index in [1.807, 2.05) is 42.5 Å². The molecule has 1 aliphatic rings. The fraction of sp³-hybridized carbons (Fsp3) is 0.417. The van der Waals surface area contributed by atoms with E-state index in [1.165, 1.54) is 11.1 Å². The van der Waals surface area contributed by atoms with Crippen LogP contribution in [0.25, 0.3) is 0 Å². The number of rotatable bonds is 7. The molecule has 0 aromatic heterocycles. The van der Waals surface area contributed by atoms with Gasteiger partial charge in [-0.3, -0.25) is 15.6 Å². The summed E-state index contributed by atoms with van der Waals surface area (Å²) in [4.78, 5) is 12.3. The van der Waals surface area contributed by atoms with Gasteiger partial charge in [0.15, 0.2) is 11.2 Å². The van der Waals surface area contributed by atoms with Gasteiger partial charge in [0.1, 0.15) is 5.75 Å². The van der Waals surface area contributed by atoms with Crippen LogP contribution in [0.5, 0.6) is 5.75 Å². The second-order valence-corrected chi connectivity index (χ2v) is 8.64. The van der Waals surface area contributed by atoms with Crippen molar-refractivity contribution in [3.8, 4) is 5.75 Å². The van der Waals surface area contributed by atoms with Crippen molar-refractivity contribution in [2.75, 3.05) is 13.2 Å². The Morgan fingerprint density at radius 2 is 1.81 bits per heavy atom. The van der Waals surface area contributed by atoms with Crippen LogP contribution in [-0.4, -0.2) is 36.4 Å². The molecular formula is C24H31N3O3S. The molecule has 1 heterocycles. The number of hydrogen-bond donors (Lipinski definition) is 3. The van der Waals surface area contributed by atoms with Crippen LogP contribution >= 0.6 is 12.2 Å². The molecule has 0 saturated carbocycles. The minimum Gasteiger partial charge on any atom is -0.481 e. The van der Waals surface area contributed by atoms with Gasteiger partial charge in [-0.25, -0.2) is 0 Å². The topological polar surface area (TPSA) is 71.6 Å². The number of hydrogen-bond acceptors (Lipinski definition) is 4. The fourth-order valence-electron chi connectivity index (χ4n) is 3.51. The first kappa shape index (κ1) is 23.0. The van der Waals surface area contributed by atoms with E-state index in [0.29, 0.717) is 17.4 Å². The van der Waals surface area contributed by atoms with Crippen LogP contribution in [0.3, 0.4) is 0 Å². The Labute approximate surface area is 189 Å². The van der Waals surface area contributed by atoms with E-state index >= 15 is 0 Å². The molecule has 31 heavy (non-hydrogen) atoms. The van der Waals surface area contributed by atoms with Gasteiger partial charge in [0.2, 0.25) is 0 Å². The Balaban J connectivity index is 1.46. The zero-order valence-electron chi connectivity index (χ0n) is 18.3. The average molecular weight is 442 g/mol. The molecule has 2 aromatic rings. The van der Waals surface area contributed by atoms with Gasteiger partial charge in [0.25, 0.3) is 5.91 Å². The van der Waals surface area contributed by atoms with Crippen LogP contribution in [-0.2, 0) is 14.9 Å². The zero-order chi connectivity index (χ0) is 22.3. The van der Waals surface area contributed by atoms with E-state index < -0.39 is 6.10 Å². The molecule has 3 rings (SSSR count). The number of amides is 1. The molecule has 1 fully saturated rings. The van der Waals surface area contributed by atoms with Gasteiger partial charge in [0.05, 0.1) is 6.10 Å². The van der Waals surface area contributed by atoms with E-state index in [9.17, 15) is 4.79 Å². The summed E-state index contributed by atoms with van der Waals surface area (Å²) in [6, 6.07) is 18.2. The van der Waals surface area contributed by atoms with Crippen molar-refractivity contribution in [3.05, 3.63) is 65.7 Å². The van der Waals surface area contributed by atoms with Gasteiger partial charge in [-0.15, -0.1) is 0 Å². The third-order valence-corrected chi connectivity index (χ3v) is 5.81. The number of carbonyl (C=O) groups is 1. The molecule has 1 saturated heterocycles. The average Bonchev–Trinajstić information content (AvgIpc) is 3.30. The van der Waals surface area contributed by atoms with Crippen LogP contribution in [0, 0.1) is 0 Å². The third-order valence-electron chi connectivity index (χ3n) is 5.57. The highest BCUT2D eigenvalue weighted by Gasteiger charge is 2.23. The van der Waals surface area contributed by atoms with Crippen molar-refractivity contribution in [3.63, 3.8) is 0 Å². The molecule has 0 bridgehead atoms. The molecule has 3 N–H and O–H groups in total. The quantitative estimate of drug-likeness (QED) is 0.452. The summed E-state index contributed by atoms with van der Waals surface area (Å²) >= 11 is 5.18. The molecule has 1 amide bonds. The van der Waals surface area contributed by atoms with Crippen molar-refractivity contribution in [2.45, 2.75) is 51.2 Å². The Hall–Kier alpha value is -2.64. The van der Waals surface area contributed by atoms with Crippen LogP contribution in [0.15, 0.2) is 54.6 Å². The first-order valence-corrected chi connectivity index (χ1v) is 11.0. The normalized spacial score (nSPS) is 16.9. The van der Waals surface area contributed by atoms with Crippen LogP contribution in [0.1, 0.15) is 44.7 Å².